The number of hydrogen-bond donors (Lipinski definition) is 1. The molecule has 0 spiro atoms. The summed E-state index contributed by atoms with van der Waals surface area (Å²) in [5, 5.41) is 2.39. The molecule has 6 heteroatoms. The molecule has 1 atom stereocenters. The lowest BCUT2D eigenvalue weighted by atomic mass is 9.90. The fraction of sp³-hybridized carbons (Fsp3) is 0.412. The molecule has 0 saturated heterocycles. The number of esters is 1. The number of fused-ring (bicyclic) bond motifs is 1. The maximum absolute atomic E-state index is 11.6. The van der Waals surface area contributed by atoms with Crippen molar-refractivity contribution >= 4 is 12.1 Å². The molecule has 0 saturated carbocycles. The smallest absolute Gasteiger partial charge is 0.411 e. The third kappa shape index (κ3) is 3.83. The topological polar surface area (TPSA) is 73.9 Å². The summed E-state index contributed by atoms with van der Waals surface area (Å²) in [6, 6.07) is 3.58. The second-order valence-corrected chi connectivity index (χ2v) is 5.97. The van der Waals surface area contributed by atoms with Crippen LogP contribution in [-0.4, -0.2) is 23.8 Å². The Hall–Kier alpha value is -2.50. The summed E-state index contributed by atoms with van der Waals surface area (Å²) in [5.41, 5.74) is 1.000. The average molecular weight is 319 g/mol. The van der Waals surface area contributed by atoms with Crippen molar-refractivity contribution < 1.29 is 23.8 Å². The van der Waals surface area contributed by atoms with E-state index in [1.54, 1.807) is 6.07 Å². The molecule has 0 fully saturated rings. The van der Waals surface area contributed by atoms with Gasteiger partial charge in [-0.25, -0.2) is 4.79 Å². The molecule has 124 valence electrons. The molecule has 2 rings (SSSR count). The van der Waals surface area contributed by atoms with Crippen molar-refractivity contribution in [3.05, 3.63) is 36.0 Å². The SMILES string of the molecule is C=CNC(=O)O[C@@H]1Cc2cc(C)c(OC(C)=O)cc2OC1(C)C. The molecular weight excluding hydrogens is 298 g/mol. The van der Waals surface area contributed by atoms with Crippen LogP contribution < -0.4 is 14.8 Å². The molecule has 1 aromatic rings. The normalized spacial score (nSPS) is 18.2. The molecule has 1 N–H and O–H groups in total. The quantitative estimate of drug-likeness (QED) is 0.685. The first kappa shape index (κ1) is 16.9. The molecular formula is C17H21NO5. The van der Waals surface area contributed by atoms with Crippen molar-refractivity contribution in [1.29, 1.82) is 0 Å². The number of amides is 1. The van der Waals surface area contributed by atoms with Crippen LogP contribution in [-0.2, 0) is 16.0 Å². The Bertz CT molecular complexity index is 651. The highest BCUT2D eigenvalue weighted by molar-refractivity contribution is 5.70. The lowest BCUT2D eigenvalue weighted by Gasteiger charge is -2.39. The van der Waals surface area contributed by atoms with E-state index in [-0.39, 0.29) is 5.97 Å². The van der Waals surface area contributed by atoms with Crippen LogP contribution in [0, 0.1) is 6.92 Å². The zero-order valence-electron chi connectivity index (χ0n) is 13.8. The highest BCUT2D eigenvalue weighted by Gasteiger charge is 2.40. The van der Waals surface area contributed by atoms with Gasteiger partial charge in [0.15, 0.2) is 0 Å². The predicted molar refractivity (Wildman–Crippen MR) is 84.5 cm³/mol. The van der Waals surface area contributed by atoms with Crippen LogP contribution in [0.3, 0.4) is 0 Å². The van der Waals surface area contributed by atoms with E-state index in [0.717, 1.165) is 11.1 Å². The van der Waals surface area contributed by atoms with E-state index in [1.807, 2.05) is 26.8 Å². The van der Waals surface area contributed by atoms with Gasteiger partial charge in [-0.2, -0.15) is 0 Å². The number of benzene rings is 1. The number of alkyl carbamates (subject to hydrolysis) is 1. The highest BCUT2D eigenvalue weighted by atomic mass is 16.6. The van der Waals surface area contributed by atoms with Crippen LogP contribution >= 0.6 is 0 Å². The molecule has 1 amide bonds. The van der Waals surface area contributed by atoms with Crippen LogP contribution in [0.5, 0.6) is 11.5 Å². The summed E-state index contributed by atoms with van der Waals surface area (Å²) in [7, 11) is 0. The lowest BCUT2D eigenvalue weighted by molar-refractivity contribution is -0.131. The Morgan fingerprint density at radius 3 is 2.74 bits per heavy atom. The Balaban J connectivity index is 2.28. The Morgan fingerprint density at radius 1 is 1.43 bits per heavy atom. The summed E-state index contributed by atoms with van der Waals surface area (Å²) in [6.07, 6.45) is 0.753. The van der Waals surface area contributed by atoms with E-state index in [2.05, 4.69) is 11.9 Å². The van der Waals surface area contributed by atoms with Gasteiger partial charge in [-0.1, -0.05) is 6.58 Å². The van der Waals surface area contributed by atoms with E-state index in [4.69, 9.17) is 14.2 Å². The second kappa shape index (κ2) is 6.32. The van der Waals surface area contributed by atoms with Gasteiger partial charge in [0.05, 0.1) is 0 Å². The van der Waals surface area contributed by atoms with E-state index >= 15 is 0 Å². The molecule has 0 bridgehead atoms. The predicted octanol–water partition coefficient (Wildman–Crippen LogP) is 2.87. The van der Waals surface area contributed by atoms with Crippen molar-refractivity contribution in [2.45, 2.75) is 45.8 Å². The molecule has 1 heterocycles. The van der Waals surface area contributed by atoms with Crippen LogP contribution in [0.25, 0.3) is 0 Å². The van der Waals surface area contributed by atoms with Gasteiger partial charge < -0.3 is 14.2 Å². The van der Waals surface area contributed by atoms with Crippen LogP contribution in [0.15, 0.2) is 24.9 Å². The van der Waals surface area contributed by atoms with Gasteiger partial charge >= 0.3 is 12.1 Å². The van der Waals surface area contributed by atoms with Gasteiger partial charge in [0.2, 0.25) is 0 Å². The first-order valence-corrected chi connectivity index (χ1v) is 7.32. The Labute approximate surface area is 135 Å². The lowest BCUT2D eigenvalue weighted by Crippen LogP contribution is -2.49. The van der Waals surface area contributed by atoms with E-state index in [0.29, 0.717) is 17.9 Å². The molecule has 0 radical (unpaired) electrons. The number of carbonyl (C=O) groups is 2. The fourth-order valence-electron chi connectivity index (χ4n) is 2.47. The first-order valence-electron chi connectivity index (χ1n) is 7.32. The molecule has 0 aliphatic carbocycles. The average Bonchev–Trinajstić information content (AvgIpc) is 2.41. The maximum atomic E-state index is 11.6. The van der Waals surface area contributed by atoms with Gasteiger partial charge in [-0.05, 0) is 44.2 Å². The molecule has 1 aromatic carbocycles. The highest BCUT2D eigenvalue weighted by Crippen LogP contribution is 2.38. The number of aryl methyl sites for hydroxylation is 1. The molecule has 1 aliphatic heterocycles. The third-order valence-corrected chi connectivity index (χ3v) is 3.63. The summed E-state index contributed by atoms with van der Waals surface area (Å²) in [5.74, 6) is 0.710. The van der Waals surface area contributed by atoms with E-state index in [9.17, 15) is 9.59 Å². The second-order valence-electron chi connectivity index (χ2n) is 5.97. The van der Waals surface area contributed by atoms with Gasteiger partial charge in [0, 0.05) is 19.4 Å². The van der Waals surface area contributed by atoms with Gasteiger partial charge in [-0.15, -0.1) is 0 Å². The van der Waals surface area contributed by atoms with Crippen molar-refractivity contribution in [2.75, 3.05) is 0 Å². The fourth-order valence-corrected chi connectivity index (χ4v) is 2.47. The monoisotopic (exact) mass is 319 g/mol. The summed E-state index contributed by atoms with van der Waals surface area (Å²) in [6.45, 7) is 10.3. The zero-order valence-corrected chi connectivity index (χ0v) is 13.8. The number of carbonyl (C=O) groups excluding carboxylic acids is 2. The molecule has 23 heavy (non-hydrogen) atoms. The van der Waals surface area contributed by atoms with Crippen molar-refractivity contribution in [2.24, 2.45) is 0 Å². The van der Waals surface area contributed by atoms with Crippen molar-refractivity contribution in [3.63, 3.8) is 0 Å². The Morgan fingerprint density at radius 2 is 2.13 bits per heavy atom. The summed E-state index contributed by atoms with van der Waals surface area (Å²) >= 11 is 0. The summed E-state index contributed by atoms with van der Waals surface area (Å²) < 4.78 is 16.6. The van der Waals surface area contributed by atoms with Gasteiger partial charge in [0.1, 0.15) is 23.2 Å². The molecule has 0 aromatic heterocycles. The number of hydrogen-bond acceptors (Lipinski definition) is 5. The standard InChI is InChI=1S/C17H21NO5/c1-6-18-16(20)22-15-8-12-7-10(2)13(21-11(3)19)9-14(12)23-17(15,4)5/h6-7,9,15H,1,8H2,2-5H3,(H,18,20)/t15-/m1/s1. The van der Waals surface area contributed by atoms with Gasteiger partial charge in [-0.3, -0.25) is 10.1 Å². The Kier molecular flexibility index (Phi) is 4.63. The van der Waals surface area contributed by atoms with Crippen LogP contribution in [0.4, 0.5) is 4.79 Å². The minimum atomic E-state index is -0.714. The largest absolute Gasteiger partial charge is 0.484 e. The maximum Gasteiger partial charge on any atom is 0.411 e. The van der Waals surface area contributed by atoms with E-state index in [1.165, 1.54) is 13.1 Å². The minimum absolute atomic E-state index is 0.384. The number of ether oxygens (including phenoxy) is 3. The summed E-state index contributed by atoms with van der Waals surface area (Å²) in [4.78, 5) is 22.8. The number of rotatable bonds is 3. The number of nitrogens with one attached hydrogen (secondary N) is 1. The molecule has 0 unspecified atom stereocenters. The van der Waals surface area contributed by atoms with Crippen LogP contribution in [0.2, 0.25) is 0 Å². The van der Waals surface area contributed by atoms with Gasteiger partial charge in [0.25, 0.3) is 0 Å². The van der Waals surface area contributed by atoms with Crippen molar-refractivity contribution in [1.82, 2.24) is 5.32 Å². The zero-order chi connectivity index (χ0) is 17.2. The van der Waals surface area contributed by atoms with E-state index < -0.39 is 17.8 Å². The minimum Gasteiger partial charge on any atom is -0.484 e. The van der Waals surface area contributed by atoms with Crippen molar-refractivity contribution in [3.8, 4) is 11.5 Å². The third-order valence-electron chi connectivity index (χ3n) is 3.63. The van der Waals surface area contributed by atoms with Crippen LogP contribution in [0.1, 0.15) is 31.9 Å². The molecule has 6 nitrogen and oxygen atoms in total. The first-order chi connectivity index (χ1) is 10.7. The molecule has 1 aliphatic rings.